The second-order valence-corrected chi connectivity index (χ2v) is 4.83. The summed E-state index contributed by atoms with van der Waals surface area (Å²) in [4.78, 5) is 32.6. The first-order chi connectivity index (χ1) is 10.7. The van der Waals surface area contributed by atoms with Crippen LogP contribution in [-0.4, -0.2) is 20.4 Å². The number of benzene rings is 1. The SMILES string of the molecule is Cn1c(CNC(=O)c2ccncc2)nc2ccccc2c1=O. The van der Waals surface area contributed by atoms with Gasteiger partial charge in [0.15, 0.2) is 0 Å². The molecule has 2 heterocycles. The number of fused-ring (bicyclic) bond motifs is 1. The maximum atomic E-state index is 12.3. The highest BCUT2D eigenvalue weighted by Crippen LogP contribution is 2.07. The Morgan fingerprint density at radius 3 is 2.68 bits per heavy atom. The second kappa shape index (κ2) is 5.77. The maximum Gasteiger partial charge on any atom is 0.261 e. The van der Waals surface area contributed by atoms with E-state index in [1.165, 1.54) is 4.57 Å². The minimum atomic E-state index is -0.232. The summed E-state index contributed by atoms with van der Waals surface area (Å²) >= 11 is 0. The van der Waals surface area contributed by atoms with Crippen LogP contribution in [0.15, 0.2) is 53.6 Å². The van der Waals surface area contributed by atoms with E-state index in [1.807, 2.05) is 6.07 Å². The number of hydrogen-bond acceptors (Lipinski definition) is 4. The number of nitrogens with one attached hydrogen (secondary N) is 1. The van der Waals surface area contributed by atoms with Crippen molar-refractivity contribution in [1.29, 1.82) is 0 Å². The molecule has 0 fully saturated rings. The lowest BCUT2D eigenvalue weighted by molar-refractivity contribution is 0.0949. The minimum absolute atomic E-state index is 0.126. The van der Waals surface area contributed by atoms with E-state index in [1.54, 1.807) is 49.8 Å². The number of pyridine rings is 1. The Bertz CT molecular complexity index is 888. The Morgan fingerprint density at radius 2 is 1.91 bits per heavy atom. The predicted molar refractivity (Wildman–Crippen MR) is 82.4 cm³/mol. The van der Waals surface area contributed by atoms with Gasteiger partial charge in [-0.2, -0.15) is 0 Å². The van der Waals surface area contributed by atoms with Crippen LogP contribution in [0.2, 0.25) is 0 Å². The monoisotopic (exact) mass is 294 g/mol. The fourth-order valence-electron chi connectivity index (χ4n) is 2.19. The van der Waals surface area contributed by atoms with Crippen LogP contribution in [0.25, 0.3) is 10.9 Å². The number of hydrogen-bond donors (Lipinski definition) is 1. The van der Waals surface area contributed by atoms with Crippen LogP contribution in [-0.2, 0) is 13.6 Å². The van der Waals surface area contributed by atoms with Crippen molar-refractivity contribution in [3.05, 3.63) is 70.5 Å². The summed E-state index contributed by atoms with van der Waals surface area (Å²) in [5.41, 5.74) is 1.01. The van der Waals surface area contributed by atoms with Gasteiger partial charge < -0.3 is 5.32 Å². The van der Waals surface area contributed by atoms with E-state index in [-0.39, 0.29) is 18.0 Å². The first-order valence-corrected chi connectivity index (χ1v) is 6.79. The van der Waals surface area contributed by atoms with Crippen molar-refractivity contribution >= 4 is 16.8 Å². The van der Waals surface area contributed by atoms with Gasteiger partial charge in [-0.25, -0.2) is 4.98 Å². The molecule has 22 heavy (non-hydrogen) atoms. The molecule has 0 aliphatic carbocycles. The van der Waals surface area contributed by atoms with Crippen LogP contribution in [0.3, 0.4) is 0 Å². The highest BCUT2D eigenvalue weighted by molar-refractivity contribution is 5.93. The van der Waals surface area contributed by atoms with Gasteiger partial charge in [0.05, 0.1) is 17.4 Å². The number of aromatic nitrogens is 3. The van der Waals surface area contributed by atoms with E-state index in [0.29, 0.717) is 22.3 Å². The number of para-hydroxylation sites is 1. The van der Waals surface area contributed by atoms with Crippen molar-refractivity contribution in [3.8, 4) is 0 Å². The summed E-state index contributed by atoms with van der Waals surface area (Å²) < 4.78 is 1.45. The molecule has 0 bridgehead atoms. The molecule has 3 aromatic rings. The smallest absolute Gasteiger partial charge is 0.261 e. The standard InChI is InChI=1S/C16H14N4O2/c1-20-14(10-18-15(21)11-6-8-17-9-7-11)19-13-5-3-2-4-12(13)16(20)22/h2-9H,10H2,1H3,(H,18,21). The molecule has 2 aromatic heterocycles. The Balaban J connectivity index is 1.87. The van der Waals surface area contributed by atoms with Gasteiger partial charge in [0.2, 0.25) is 0 Å². The molecule has 110 valence electrons. The van der Waals surface area contributed by atoms with Crippen LogP contribution >= 0.6 is 0 Å². The normalized spacial score (nSPS) is 10.6. The molecule has 0 saturated carbocycles. The lowest BCUT2D eigenvalue weighted by Gasteiger charge is -2.10. The number of amides is 1. The molecule has 6 nitrogen and oxygen atoms in total. The second-order valence-electron chi connectivity index (χ2n) is 4.83. The van der Waals surface area contributed by atoms with E-state index in [9.17, 15) is 9.59 Å². The van der Waals surface area contributed by atoms with Crippen molar-refractivity contribution in [1.82, 2.24) is 19.9 Å². The van der Waals surface area contributed by atoms with Gasteiger partial charge in [0.1, 0.15) is 5.82 Å². The van der Waals surface area contributed by atoms with Crippen molar-refractivity contribution in [2.24, 2.45) is 7.05 Å². The molecular weight excluding hydrogens is 280 g/mol. The molecule has 0 spiro atoms. The van der Waals surface area contributed by atoms with E-state index in [4.69, 9.17) is 0 Å². The Kier molecular flexibility index (Phi) is 3.65. The van der Waals surface area contributed by atoms with Crippen LogP contribution < -0.4 is 10.9 Å². The fourth-order valence-corrected chi connectivity index (χ4v) is 2.19. The summed E-state index contributed by atoms with van der Waals surface area (Å²) in [6.07, 6.45) is 3.11. The maximum absolute atomic E-state index is 12.3. The summed E-state index contributed by atoms with van der Waals surface area (Å²) in [5.74, 6) is 0.274. The third-order valence-corrected chi connectivity index (χ3v) is 3.43. The first-order valence-electron chi connectivity index (χ1n) is 6.79. The molecule has 0 aliphatic rings. The molecule has 0 aliphatic heterocycles. The fraction of sp³-hybridized carbons (Fsp3) is 0.125. The van der Waals surface area contributed by atoms with Gasteiger partial charge in [-0.1, -0.05) is 12.1 Å². The predicted octanol–water partition coefficient (Wildman–Crippen LogP) is 1.26. The molecule has 3 rings (SSSR count). The van der Waals surface area contributed by atoms with Crippen LogP contribution in [0.1, 0.15) is 16.2 Å². The number of rotatable bonds is 3. The quantitative estimate of drug-likeness (QED) is 0.789. The number of nitrogens with zero attached hydrogens (tertiary/aromatic N) is 3. The third-order valence-electron chi connectivity index (χ3n) is 3.43. The lowest BCUT2D eigenvalue weighted by Crippen LogP contribution is -2.29. The van der Waals surface area contributed by atoms with Gasteiger partial charge >= 0.3 is 0 Å². The van der Waals surface area contributed by atoms with Crippen LogP contribution in [0.5, 0.6) is 0 Å². The van der Waals surface area contributed by atoms with Gasteiger partial charge in [0, 0.05) is 25.0 Å². The van der Waals surface area contributed by atoms with E-state index >= 15 is 0 Å². The molecule has 1 amide bonds. The van der Waals surface area contributed by atoms with Crippen LogP contribution in [0.4, 0.5) is 0 Å². The van der Waals surface area contributed by atoms with Crippen molar-refractivity contribution in [2.75, 3.05) is 0 Å². The largest absolute Gasteiger partial charge is 0.345 e. The van der Waals surface area contributed by atoms with Gasteiger partial charge in [-0.05, 0) is 24.3 Å². The highest BCUT2D eigenvalue weighted by atomic mass is 16.1. The van der Waals surface area contributed by atoms with Crippen molar-refractivity contribution in [3.63, 3.8) is 0 Å². The summed E-state index contributed by atoms with van der Waals surface area (Å²) in [6.45, 7) is 0.178. The summed E-state index contributed by atoms with van der Waals surface area (Å²) in [6, 6.07) is 10.4. The molecule has 0 saturated heterocycles. The summed E-state index contributed by atoms with van der Waals surface area (Å²) in [7, 11) is 1.65. The van der Waals surface area contributed by atoms with E-state index in [2.05, 4.69) is 15.3 Å². The molecule has 0 unspecified atom stereocenters. The minimum Gasteiger partial charge on any atom is -0.345 e. The number of carbonyl (C=O) groups is 1. The van der Waals surface area contributed by atoms with Gasteiger partial charge in [0.25, 0.3) is 11.5 Å². The zero-order valence-corrected chi connectivity index (χ0v) is 12.0. The zero-order valence-electron chi connectivity index (χ0n) is 12.0. The first kappa shape index (κ1) is 13.9. The number of carbonyl (C=O) groups excluding carboxylic acids is 1. The Hall–Kier alpha value is -3.02. The van der Waals surface area contributed by atoms with Gasteiger partial charge in [-0.15, -0.1) is 0 Å². The lowest BCUT2D eigenvalue weighted by atomic mass is 10.2. The molecule has 6 heteroatoms. The molecule has 1 aromatic carbocycles. The van der Waals surface area contributed by atoms with E-state index in [0.717, 1.165) is 0 Å². The zero-order chi connectivity index (χ0) is 15.5. The Labute approximate surface area is 126 Å². The Morgan fingerprint density at radius 1 is 1.18 bits per heavy atom. The topological polar surface area (TPSA) is 76.9 Å². The van der Waals surface area contributed by atoms with Gasteiger partial charge in [-0.3, -0.25) is 19.1 Å². The molecule has 0 atom stereocenters. The summed E-state index contributed by atoms with van der Waals surface area (Å²) in [5, 5.41) is 3.32. The van der Waals surface area contributed by atoms with Crippen LogP contribution in [0, 0.1) is 0 Å². The average molecular weight is 294 g/mol. The molecular formula is C16H14N4O2. The highest BCUT2D eigenvalue weighted by Gasteiger charge is 2.10. The molecule has 0 radical (unpaired) electrons. The van der Waals surface area contributed by atoms with E-state index < -0.39 is 0 Å². The average Bonchev–Trinajstić information content (AvgIpc) is 2.57. The molecule has 1 N–H and O–H groups in total. The van der Waals surface area contributed by atoms with Crippen molar-refractivity contribution < 1.29 is 4.79 Å². The van der Waals surface area contributed by atoms with Crippen molar-refractivity contribution in [2.45, 2.75) is 6.54 Å². The third kappa shape index (κ3) is 2.58.